The maximum atomic E-state index is 12.8. The normalized spacial score (nSPS) is 10.6. The van der Waals surface area contributed by atoms with E-state index in [1.165, 1.54) is 17.7 Å². The molecule has 0 aliphatic rings. The van der Waals surface area contributed by atoms with Crippen molar-refractivity contribution in [3.8, 4) is 0 Å². The van der Waals surface area contributed by atoms with Crippen molar-refractivity contribution in [2.75, 3.05) is 0 Å². The molecule has 0 aromatic heterocycles. The molecule has 22 heavy (non-hydrogen) atoms. The average Bonchev–Trinajstić information content (AvgIpc) is 2.55. The first-order valence-electron chi connectivity index (χ1n) is 7.08. The van der Waals surface area contributed by atoms with Gasteiger partial charge in [0.2, 0.25) is 0 Å². The first kappa shape index (κ1) is 16.1. The molecule has 0 amide bonds. The minimum atomic E-state index is -0.243. The molecule has 0 spiro atoms. The predicted octanol–water partition coefficient (Wildman–Crippen LogP) is 3.41. The summed E-state index contributed by atoms with van der Waals surface area (Å²) in [4.78, 5) is 0. The molecule has 0 fully saturated rings. The van der Waals surface area contributed by atoms with Gasteiger partial charge in [0.25, 0.3) is 0 Å². The minimum Gasteiger partial charge on any atom is -0.357 e. The van der Waals surface area contributed by atoms with Crippen LogP contribution in [-0.4, -0.2) is 11.3 Å². The van der Waals surface area contributed by atoms with Crippen LogP contribution in [0.25, 0.3) is 0 Å². The lowest BCUT2D eigenvalue weighted by atomic mass is 10.1. The molecule has 2 aromatic rings. The highest BCUT2D eigenvalue weighted by molar-refractivity contribution is 7.80. The number of hydrogen-bond acceptors (Lipinski definition) is 2. The smallest absolute Gasteiger partial charge is 0.187 e. The van der Waals surface area contributed by atoms with Crippen molar-refractivity contribution >= 4 is 23.5 Å². The highest BCUT2D eigenvalue weighted by atomic mass is 32.1. The molecule has 2 aromatic carbocycles. The molecule has 0 heterocycles. The molecule has 0 atom stereocenters. The molecule has 0 bridgehead atoms. The van der Waals surface area contributed by atoms with E-state index in [4.69, 9.17) is 12.2 Å². The van der Waals surface area contributed by atoms with Gasteiger partial charge in [0.05, 0.1) is 0 Å². The zero-order chi connectivity index (χ0) is 15.6. The van der Waals surface area contributed by atoms with Gasteiger partial charge in [-0.1, -0.05) is 42.5 Å². The van der Waals surface area contributed by atoms with Gasteiger partial charge in [-0.15, -0.1) is 0 Å². The van der Waals surface area contributed by atoms with Crippen LogP contribution in [0.1, 0.15) is 17.5 Å². The fourth-order valence-corrected chi connectivity index (χ4v) is 1.99. The number of halogens is 1. The third kappa shape index (κ3) is 6.01. The summed E-state index contributed by atoms with van der Waals surface area (Å²) in [5.41, 5.74) is 5.01. The molecule has 2 N–H and O–H groups in total. The summed E-state index contributed by atoms with van der Waals surface area (Å²) in [6, 6.07) is 16.5. The van der Waals surface area contributed by atoms with E-state index in [2.05, 4.69) is 28.0 Å². The summed E-state index contributed by atoms with van der Waals surface area (Å²) in [5.74, 6) is -0.243. The Morgan fingerprint density at radius 2 is 1.77 bits per heavy atom. The Labute approximate surface area is 135 Å². The van der Waals surface area contributed by atoms with Gasteiger partial charge >= 0.3 is 0 Å². The molecule has 0 saturated carbocycles. The Bertz CT molecular complexity index is 612. The number of nitrogens with one attached hydrogen (secondary N) is 2. The summed E-state index contributed by atoms with van der Waals surface area (Å²) >= 11 is 5.11. The number of benzene rings is 2. The summed E-state index contributed by atoms with van der Waals surface area (Å²) in [7, 11) is 0. The molecule has 5 heteroatoms. The number of rotatable bonds is 6. The summed E-state index contributed by atoms with van der Waals surface area (Å²) in [6.45, 7) is 0.533. The van der Waals surface area contributed by atoms with Crippen molar-refractivity contribution in [2.45, 2.75) is 19.4 Å². The standard InChI is InChI=1S/C17H18FN3S/c18-16-10-8-15(9-11-16)13-19-17(22)21-20-12-4-7-14-5-2-1-3-6-14/h1-3,5-6,8-12H,4,7,13H2,(H2,19,21,22)/b20-12-. The molecule has 0 aliphatic carbocycles. The number of hydrazone groups is 1. The Morgan fingerprint density at radius 3 is 2.50 bits per heavy atom. The summed E-state index contributed by atoms with van der Waals surface area (Å²) < 4.78 is 12.8. The van der Waals surface area contributed by atoms with Gasteiger partial charge in [-0.05, 0) is 48.3 Å². The second-order valence-electron chi connectivity index (χ2n) is 4.76. The zero-order valence-electron chi connectivity index (χ0n) is 12.1. The van der Waals surface area contributed by atoms with Crippen molar-refractivity contribution in [1.29, 1.82) is 0 Å². The van der Waals surface area contributed by atoms with E-state index in [1.807, 2.05) is 18.2 Å². The lowest BCUT2D eigenvalue weighted by Crippen LogP contribution is -2.31. The van der Waals surface area contributed by atoms with Gasteiger partial charge in [0, 0.05) is 12.8 Å². The Kier molecular flexibility index (Phi) is 6.51. The van der Waals surface area contributed by atoms with E-state index in [-0.39, 0.29) is 5.82 Å². The fraction of sp³-hybridized carbons (Fsp3) is 0.176. The predicted molar refractivity (Wildman–Crippen MR) is 92.2 cm³/mol. The van der Waals surface area contributed by atoms with E-state index in [0.717, 1.165) is 18.4 Å². The maximum absolute atomic E-state index is 12.8. The molecule has 0 saturated heterocycles. The molecule has 0 aliphatic heterocycles. The van der Waals surface area contributed by atoms with E-state index in [9.17, 15) is 4.39 Å². The SMILES string of the molecule is Fc1ccc(CNC(=S)N/N=C\CCc2ccccc2)cc1. The van der Waals surface area contributed by atoms with E-state index >= 15 is 0 Å². The Morgan fingerprint density at radius 1 is 1.05 bits per heavy atom. The van der Waals surface area contributed by atoms with Gasteiger partial charge in [-0.3, -0.25) is 5.43 Å². The summed E-state index contributed by atoms with van der Waals surface area (Å²) in [6.07, 6.45) is 3.60. The number of aryl methyl sites for hydroxylation is 1. The number of hydrogen-bond donors (Lipinski definition) is 2. The van der Waals surface area contributed by atoms with Crippen molar-refractivity contribution in [2.24, 2.45) is 5.10 Å². The summed E-state index contributed by atoms with van der Waals surface area (Å²) in [5, 5.41) is 7.53. The van der Waals surface area contributed by atoms with Gasteiger partial charge in [-0.2, -0.15) is 5.10 Å². The fourth-order valence-electron chi connectivity index (χ4n) is 1.87. The van der Waals surface area contributed by atoms with E-state index in [1.54, 1.807) is 18.3 Å². The van der Waals surface area contributed by atoms with Gasteiger partial charge < -0.3 is 5.32 Å². The highest BCUT2D eigenvalue weighted by Crippen LogP contribution is 2.02. The Hall–Kier alpha value is -2.27. The largest absolute Gasteiger partial charge is 0.357 e. The van der Waals surface area contributed by atoms with Crippen LogP contribution in [0.2, 0.25) is 0 Å². The average molecular weight is 315 g/mol. The molecule has 3 nitrogen and oxygen atoms in total. The van der Waals surface area contributed by atoms with Crippen LogP contribution in [0.4, 0.5) is 4.39 Å². The molecule has 114 valence electrons. The number of nitrogens with zero attached hydrogens (tertiary/aromatic N) is 1. The van der Waals surface area contributed by atoms with Crippen molar-refractivity contribution in [1.82, 2.24) is 10.7 Å². The van der Waals surface area contributed by atoms with Crippen LogP contribution in [0, 0.1) is 5.82 Å². The minimum absolute atomic E-state index is 0.243. The Balaban J connectivity index is 1.63. The van der Waals surface area contributed by atoms with Crippen molar-refractivity contribution < 1.29 is 4.39 Å². The molecular weight excluding hydrogens is 297 g/mol. The van der Waals surface area contributed by atoms with Gasteiger partial charge in [-0.25, -0.2) is 4.39 Å². The molecule has 0 radical (unpaired) electrons. The van der Waals surface area contributed by atoms with Crippen LogP contribution in [0.15, 0.2) is 59.7 Å². The third-order valence-corrected chi connectivity index (χ3v) is 3.26. The number of thiocarbonyl (C=S) groups is 1. The van der Waals surface area contributed by atoms with Crippen LogP contribution >= 0.6 is 12.2 Å². The zero-order valence-corrected chi connectivity index (χ0v) is 12.9. The lowest BCUT2D eigenvalue weighted by Gasteiger charge is -2.06. The highest BCUT2D eigenvalue weighted by Gasteiger charge is 1.96. The molecular formula is C17H18FN3S. The molecule has 0 unspecified atom stereocenters. The van der Waals surface area contributed by atoms with Gasteiger partial charge in [0.15, 0.2) is 5.11 Å². The topological polar surface area (TPSA) is 36.4 Å². The lowest BCUT2D eigenvalue weighted by molar-refractivity contribution is 0.626. The molecule has 2 rings (SSSR count). The second-order valence-corrected chi connectivity index (χ2v) is 5.17. The van der Waals surface area contributed by atoms with Gasteiger partial charge in [0.1, 0.15) is 5.82 Å². The van der Waals surface area contributed by atoms with Crippen LogP contribution in [-0.2, 0) is 13.0 Å². The quantitative estimate of drug-likeness (QED) is 0.487. The van der Waals surface area contributed by atoms with Crippen molar-refractivity contribution in [3.05, 3.63) is 71.5 Å². The van der Waals surface area contributed by atoms with Crippen molar-refractivity contribution in [3.63, 3.8) is 0 Å². The second kappa shape index (κ2) is 8.89. The van der Waals surface area contributed by atoms with Crippen LogP contribution in [0.5, 0.6) is 0 Å². The monoisotopic (exact) mass is 315 g/mol. The first-order valence-corrected chi connectivity index (χ1v) is 7.48. The van der Waals surface area contributed by atoms with Crippen LogP contribution < -0.4 is 10.7 Å². The maximum Gasteiger partial charge on any atom is 0.187 e. The third-order valence-electron chi connectivity index (χ3n) is 3.03. The van der Waals surface area contributed by atoms with E-state index in [0.29, 0.717) is 11.7 Å². The van der Waals surface area contributed by atoms with Crippen LogP contribution in [0.3, 0.4) is 0 Å². The van der Waals surface area contributed by atoms with E-state index < -0.39 is 0 Å². The first-order chi connectivity index (χ1) is 10.7.